The minimum Gasteiger partial charge on any atom is -0.481 e. The molecule has 1 atom stereocenters. The van der Waals surface area contributed by atoms with Crippen molar-refractivity contribution in [1.29, 1.82) is 0 Å². The van der Waals surface area contributed by atoms with Crippen LogP contribution in [0.4, 0.5) is 0 Å². The van der Waals surface area contributed by atoms with Crippen molar-refractivity contribution in [1.82, 2.24) is 10.3 Å². The Morgan fingerprint density at radius 1 is 1.43 bits per heavy atom. The molecule has 0 saturated heterocycles. The molecular formula is C15H23N3O3. The van der Waals surface area contributed by atoms with Gasteiger partial charge < -0.3 is 16.2 Å². The first-order chi connectivity index (χ1) is 9.73. The maximum Gasteiger partial charge on any atom is 0.308 e. The van der Waals surface area contributed by atoms with E-state index in [0.717, 1.165) is 0 Å². The monoisotopic (exact) mass is 293 g/mol. The molecule has 1 heterocycles. The molecule has 0 fully saturated rings. The number of aliphatic carboxylic acids is 1. The molecule has 0 bridgehead atoms. The summed E-state index contributed by atoms with van der Waals surface area (Å²) < 4.78 is 0. The molecule has 116 valence electrons. The molecule has 6 nitrogen and oxygen atoms in total. The van der Waals surface area contributed by atoms with E-state index in [1.807, 2.05) is 20.8 Å². The first kappa shape index (κ1) is 17.1. The molecule has 0 aliphatic carbocycles. The molecule has 1 amide bonds. The molecule has 21 heavy (non-hydrogen) atoms. The molecule has 0 aliphatic heterocycles. The number of nitrogens with two attached hydrogens (primary N) is 1. The topological polar surface area (TPSA) is 105 Å². The highest BCUT2D eigenvalue weighted by atomic mass is 16.4. The number of hydrogen-bond acceptors (Lipinski definition) is 4. The second-order valence-electron chi connectivity index (χ2n) is 6.25. The Hall–Kier alpha value is -1.95. The number of nitrogens with one attached hydrogen (secondary N) is 1. The molecule has 1 aromatic heterocycles. The number of aromatic nitrogens is 1. The molecule has 1 unspecified atom stereocenters. The fraction of sp³-hybridized carbons (Fsp3) is 0.533. The van der Waals surface area contributed by atoms with Gasteiger partial charge in [-0.1, -0.05) is 20.8 Å². The van der Waals surface area contributed by atoms with Crippen LogP contribution in [0.1, 0.15) is 43.2 Å². The zero-order valence-corrected chi connectivity index (χ0v) is 12.7. The highest BCUT2D eigenvalue weighted by Gasteiger charge is 2.25. The van der Waals surface area contributed by atoms with E-state index in [9.17, 15) is 14.7 Å². The van der Waals surface area contributed by atoms with E-state index in [1.165, 1.54) is 6.20 Å². The number of carbonyl (C=O) groups excluding carboxylic acids is 1. The van der Waals surface area contributed by atoms with Crippen LogP contribution in [0.25, 0.3) is 0 Å². The van der Waals surface area contributed by atoms with E-state index in [-0.39, 0.29) is 24.4 Å². The van der Waals surface area contributed by atoms with Crippen molar-refractivity contribution in [3.8, 4) is 0 Å². The number of rotatable bonds is 6. The van der Waals surface area contributed by atoms with Gasteiger partial charge >= 0.3 is 5.97 Å². The lowest BCUT2D eigenvalue weighted by Gasteiger charge is -2.23. The maximum absolute atomic E-state index is 12.0. The van der Waals surface area contributed by atoms with Crippen LogP contribution in [-0.4, -0.2) is 28.5 Å². The number of amides is 1. The van der Waals surface area contributed by atoms with Crippen LogP contribution in [0.5, 0.6) is 0 Å². The van der Waals surface area contributed by atoms with E-state index in [2.05, 4.69) is 10.3 Å². The van der Waals surface area contributed by atoms with Crippen molar-refractivity contribution in [2.24, 2.45) is 17.1 Å². The van der Waals surface area contributed by atoms with Gasteiger partial charge in [-0.2, -0.15) is 0 Å². The molecule has 0 aliphatic rings. The Kier molecular flexibility index (Phi) is 5.84. The first-order valence-electron chi connectivity index (χ1n) is 6.89. The van der Waals surface area contributed by atoms with Crippen molar-refractivity contribution >= 4 is 11.9 Å². The summed E-state index contributed by atoms with van der Waals surface area (Å²) in [7, 11) is 0. The number of carboxylic acid groups (broad SMARTS) is 1. The summed E-state index contributed by atoms with van der Waals surface area (Å²) in [6.07, 6.45) is 2.01. The Bertz CT molecular complexity index is 509. The molecule has 1 aromatic rings. The predicted molar refractivity (Wildman–Crippen MR) is 79.7 cm³/mol. The SMILES string of the molecule is CC(C)(C)CC(CNC(=O)c1ccnc(CN)c1)C(=O)O. The van der Waals surface area contributed by atoms with E-state index in [1.54, 1.807) is 12.1 Å². The van der Waals surface area contributed by atoms with Gasteiger partial charge in [0.15, 0.2) is 0 Å². The van der Waals surface area contributed by atoms with E-state index in [0.29, 0.717) is 17.7 Å². The largest absolute Gasteiger partial charge is 0.481 e. The van der Waals surface area contributed by atoms with Gasteiger partial charge in [0.05, 0.1) is 11.6 Å². The smallest absolute Gasteiger partial charge is 0.308 e. The van der Waals surface area contributed by atoms with E-state index in [4.69, 9.17) is 5.73 Å². The zero-order chi connectivity index (χ0) is 16.0. The third kappa shape index (κ3) is 5.91. The number of pyridine rings is 1. The van der Waals surface area contributed by atoms with Crippen molar-refractivity contribution in [3.05, 3.63) is 29.6 Å². The molecule has 4 N–H and O–H groups in total. The molecule has 0 radical (unpaired) electrons. The van der Waals surface area contributed by atoms with Gasteiger partial charge in [-0.3, -0.25) is 14.6 Å². The van der Waals surface area contributed by atoms with Gasteiger partial charge in [0, 0.05) is 24.8 Å². The second kappa shape index (κ2) is 7.17. The van der Waals surface area contributed by atoms with Gasteiger partial charge in [0.2, 0.25) is 0 Å². The minimum absolute atomic E-state index is 0.103. The third-order valence-electron chi connectivity index (χ3n) is 3.00. The standard InChI is InChI=1S/C15H23N3O3/c1-15(2,3)7-11(14(20)21)9-18-13(19)10-4-5-17-12(6-10)8-16/h4-6,11H,7-9,16H2,1-3H3,(H,18,19)(H,20,21). The lowest BCUT2D eigenvalue weighted by Crippen LogP contribution is -2.35. The fourth-order valence-electron chi connectivity index (χ4n) is 2.03. The Morgan fingerprint density at radius 3 is 2.62 bits per heavy atom. The van der Waals surface area contributed by atoms with Crippen molar-refractivity contribution in [2.75, 3.05) is 6.54 Å². The van der Waals surface area contributed by atoms with Crippen molar-refractivity contribution in [3.63, 3.8) is 0 Å². The summed E-state index contributed by atoms with van der Waals surface area (Å²) in [5.74, 6) is -1.82. The fourth-order valence-corrected chi connectivity index (χ4v) is 2.03. The average molecular weight is 293 g/mol. The van der Waals surface area contributed by atoms with Crippen LogP contribution in [-0.2, 0) is 11.3 Å². The highest BCUT2D eigenvalue weighted by molar-refractivity contribution is 5.94. The quantitative estimate of drug-likeness (QED) is 0.735. The summed E-state index contributed by atoms with van der Waals surface area (Å²) in [6.45, 7) is 6.28. The molecular weight excluding hydrogens is 270 g/mol. The lowest BCUT2D eigenvalue weighted by atomic mass is 9.84. The van der Waals surface area contributed by atoms with Gasteiger partial charge in [0.1, 0.15) is 0 Å². The number of carboxylic acids is 1. The highest BCUT2D eigenvalue weighted by Crippen LogP contribution is 2.24. The number of carbonyl (C=O) groups is 2. The van der Waals surface area contributed by atoms with Crippen LogP contribution in [0.2, 0.25) is 0 Å². The van der Waals surface area contributed by atoms with Crippen molar-refractivity contribution in [2.45, 2.75) is 33.7 Å². The van der Waals surface area contributed by atoms with Crippen LogP contribution in [0.3, 0.4) is 0 Å². The van der Waals surface area contributed by atoms with Crippen LogP contribution in [0, 0.1) is 11.3 Å². The Morgan fingerprint density at radius 2 is 2.10 bits per heavy atom. The second-order valence-corrected chi connectivity index (χ2v) is 6.25. The first-order valence-corrected chi connectivity index (χ1v) is 6.89. The van der Waals surface area contributed by atoms with E-state index >= 15 is 0 Å². The third-order valence-corrected chi connectivity index (χ3v) is 3.00. The Balaban J connectivity index is 2.66. The lowest BCUT2D eigenvalue weighted by molar-refractivity contribution is -0.142. The zero-order valence-electron chi connectivity index (χ0n) is 12.7. The predicted octanol–water partition coefficient (Wildman–Crippen LogP) is 1.41. The van der Waals surface area contributed by atoms with Crippen LogP contribution < -0.4 is 11.1 Å². The number of hydrogen-bond donors (Lipinski definition) is 3. The Labute approximate surface area is 124 Å². The van der Waals surface area contributed by atoms with Crippen LogP contribution in [0.15, 0.2) is 18.3 Å². The summed E-state index contributed by atoms with van der Waals surface area (Å²) in [5, 5.41) is 11.9. The van der Waals surface area contributed by atoms with Gasteiger partial charge in [0.25, 0.3) is 5.91 Å². The maximum atomic E-state index is 12.0. The average Bonchev–Trinajstić information content (AvgIpc) is 2.41. The minimum atomic E-state index is -0.900. The summed E-state index contributed by atoms with van der Waals surface area (Å²) >= 11 is 0. The molecule has 0 aromatic carbocycles. The summed E-state index contributed by atoms with van der Waals surface area (Å²) in [6, 6.07) is 3.18. The molecule has 1 rings (SSSR count). The molecule has 0 saturated carbocycles. The molecule has 6 heteroatoms. The van der Waals surface area contributed by atoms with Crippen molar-refractivity contribution < 1.29 is 14.7 Å². The number of nitrogens with zero attached hydrogens (tertiary/aromatic N) is 1. The van der Waals surface area contributed by atoms with Gasteiger partial charge in [-0.05, 0) is 24.0 Å². The summed E-state index contributed by atoms with van der Waals surface area (Å²) in [5.41, 5.74) is 6.42. The normalized spacial score (nSPS) is 12.8. The summed E-state index contributed by atoms with van der Waals surface area (Å²) in [4.78, 5) is 27.3. The van der Waals surface area contributed by atoms with E-state index < -0.39 is 11.9 Å². The van der Waals surface area contributed by atoms with Gasteiger partial charge in [-0.25, -0.2) is 0 Å². The van der Waals surface area contributed by atoms with Gasteiger partial charge in [-0.15, -0.1) is 0 Å². The molecule has 0 spiro atoms. The van der Waals surface area contributed by atoms with Crippen LogP contribution >= 0.6 is 0 Å².